The highest BCUT2D eigenvalue weighted by atomic mass is 16.2. The number of para-hydroxylation sites is 1. The fourth-order valence-electron chi connectivity index (χ4n) is 2.99. The van der Waals surface area contributed by atoms with Gasteiger partial charge in [0.2, 0.25) is 5.91 Å². The van der Waals surface area contributed by atoms with Crippen LogP contribution in [0.15, 0.2) is 47.7 Å². The summed E-state index contributed by atoms with van der Waals surface area (Å²) in [4.78, 5) is 29.1. The number of rotatable bonds is 5. The van der Waals surface area contributed by atoms with Gasteiger partial charge in [-0.3, -0.25) is 14.2 Å². The minimum absolute atomic E-state index is 0.0324. The minimum Gasteiger partial charge on any atom is -0.352 e. The van der Waals surface area contributed by atoms with Crippen LogP contribution in [-0.4, -0.2) is 31.3 Å². The Morgan fingerprint density at radius 2 is 2.08 bits per heavy atom. The molecule has 7 nitrogen and oxygen atoms in total. The Morgan fingerprint density at radius 1 is 1.32 bits per heavy atom. The van der Waals surface area contributed by atoms with Gasteiger partial charge in [0.15, 0.2) is 5.65 Å². The maximum Gasteiger partial charge on any atom is 0.264 e. The number of aromatic nitrogens is 4. The summed E-state index contributed by atoms with van der Waals surface area (Å²) < 4.78 is 2.95. The normalized spacial score (nSPS) is 15.2. The molecule has 3 aromatic rings. The van der Waals surface area contributed by atoms with E-state index in [2.05, 4.69) is 15.4 Å². The van der Waals surface area contributed by atoms with E-state index in [0.717, 1.165) is 18.5 Å². The van der Waals surface area contributed by atoms with Crippen LogP contribution in [0.2, 0.25) is 0 Å². The van der Waals surface area contributed by atoms with Crippen LogP contribution in [0.1, 0.15) is 19.8 Å². The molecule has 1 atom stereocenters. The van der Waals surface area contributed by atoms with Gasteiger partial charge in [-0.05, 0) is 37.8 Å². The van der Waals surface area contributed by atoms with Crippen LogP contribution in [0.5, 0.6) is 0 Å². The minimum atomic E-state index is -0.263. The molecule has 0 spiro atoms. The number of carbonyl (C=O) groups excluding carboxylic acids is 1. The lowest BCUT2D eigenvalue weighted by Gasteiger charge is -2.13. The van der Waals surface area contributed by atoms with Gasteiger partial charge in [0.05, 0.1) is 11.9 Å². The Morgan fingerprint density at radius 3 is 2.80 bits per heavy atom. The highest BCUT2D eigenvalue weighted by molar-refractivity contribution is 5.78. The molecule has 25 heavy (non-hydrogen) atoms. The molecule has 1 amide bonds. The van der Waals surface area contributed by atoms with Crippen molar-refractivity contribution < 1.29 is 4.79 Å². The number of hydrogen-bond acceptors (Lipinski definition) is 4. The Balaban J connectivity index is 1.60. The van der Waals surface area contributed by atoms with Crippen molar-refractivity contribution in [2.45, 2.75) is 32.4 Å². The molecule has 0 radical (unpaired) electrons. The molecule has 1 aliphatic rings. The summed E-state index contributed by atoms with van der Waals surface area (Å²) in [6, 6.07) is 9.65. The lowest BCUT2D eigenvalue weighted by atomic mass is 10.2. The van der Waals surface area contributed by atoms with Crippen LogP contribution in [0.25, 0.3) is 16.7 Å². The third kappa shape index (κ3) is 3.05. The standard InChI is InChI=1S/C18H19N5O2/c1-12(13-7-8-13)21-16(24)10-22-11-19-17-15(18(22)25)9-20-23(17)14-5-3-2-4-6-14/h2-6,9,11-13H,7-8,10H2,1H3,(H,21,24)/t12-/m0/s1. The first-order chi connectivity index (χ1) is 12.1. The first kappa shape index (κ1) is 15.6. The second kappa shape index (κ2) is 6.16. The fourth-order valence-corrected chi connectivity index (χ4v) is 2.99. The number of nitrogens with one attached hydrogen (secondary N) is 1. The number of amides is 1. The van der Waals surface area contributed by atoms with Gasteiger partial charge in [0, 0.05) is 6.04 Å². The second-order valence-corrected chi connectivity index (χ2v) is 6.50. The van der Waals surface area contributed by atoms with Crippen molar-refractivity contribution in [3.05, 3.63) is 53.2 Å². The molecule has 2 aromatic heterocycles. The van der Waals surface area contributed by atoms with Crippen molar-refractivity contribution in [1.82, 2.24) is 24.6 Å². The highest BCUT2D eigenvalue weighted by Gasteiger charge is 2.28. The van der Waals surface area contributed by atoms with E-state index in [0.29, 0.717) is 17.0 Å². The summed E-state index contributed by atoms with van der Waals surface area (Å²) in [7, 11) is 0. The van der Waals surface area contributed by atoms with E-state index in [1.165, 1.54) is 17.1 Å². The zero-order valence-corrected chi connectivity index (χ0v) is 13.9. The zero-order valence-electron chi connectivity index (χ0n) is 13.9. The van der Waals surface area contributed by atoms with E-state index in [-0.39, 0.29) is 24.1 Å². The van der Waals surface area contributed by atoms with Gasteiger partial charge in [-0.15, -0.1) is 0 Å². The maximum atomic E-state index is 12.6. The third-order valence-electron chi connectivity index (χ3n) is 4.59. The van der Waals surface area contributed by atoms with Crippen LogP contribution >= 0.6 is 0 Å². The number of carbonyl (C=O) groups is 1. The van der Waals surface area contributed by atoms with Crippen LogP contribution in [0, 0.1) is 5.92 Å². The van der Waals surface area contributed by atoms with Crippen molar-refractivity contribution in [2.24, 2.45) is 5.92 Å². The lowest BCUT2D eigenvalue weighted by molar-refractivity contribution is -0.122. The summed E-state index contributed by atoms with van der Waals surface area (Å²) in [5, 5.41) is 7.61. The van der Waals surface area contributed by atoms with E-state index in [1.807, 2.05) is 37.3 Å². The lowest BCUT2D eigenvalue weighted by Crippen LogP contribution is -2.38. The number of fused-ring (bicyclic) bond motifs is 1. The molecule has 2 heterocycles. The first-order valence-electron chi connectivity index (χ1n) is 8.41. The Bertz CT molecular complexity index is 972. The number of benzene rings is 1. The summed E-state index contributed by atoms with van der Waals surface area (Å²) in [5.74, 6) is 0.406. The molecule has 7 heteroatoms. The maximum absolute atomic E-state index is 12.6. The van der Waals surface area contributed by atoms with Gasteiger partial charge in [-0.25, -0.2) is 9.67 Å². The summed E-state index contributed by atoms with van der Waals surface area (Å²) in [5.41, 5.74) is 1.05. The molecule has 128 valence electrons. The molecule has 4 rings (SSSR count). The fraction of sp³-hybridized carbons (Fsp3) is 0.333. The van der Waals surface area contributed by atoms with E-state index in [9.17, 15) is 9.59 Å². The van der Waals surface area contributed by atoms with Crippen LogP contribution in [-0.2, 0) is 11.3 Å². The van der Waals surface area contributed by atoms with Crippen LogP contribution < -0.4 is 10.9 Å². The van der Waals surface area contributed by atoms with Gasteiger partial charge in [0.1, 0.15) is 18.3 Å². The quantitative estimate of drug-likeness (QED) is 0.765. The van der Waals surface area contributed by atoms with Crippen molar-refractivity contribution >= 4 is 16.9 Å². The average molecular weight is 337 g/mol. The average Bonchev–Trinajstić information content (AvgIpc) is 3.38. The molecular weight excluding hydrogens is 318 g/mol. The molecule has 0 saturated heterocycles. The van der Waals surface area contributed by atoms with E-state index in [4.69, 9.17) is 0 Å². The Kier molecular flexibility index (Phi) is 3.83. The van der Waals surface area contributed by atoms with Crippen molar-refractivity contribution in [3.63, 3.8) is 0 Å². The number of hydrogen-bond donors (Lipinski definition) is 1. The molecule has 1 N–H and O–H groups in total. The van der Waals surface area contributed by atoms with E-state index >= 15 is 0 Å². The molecule has 0 unspecified atom stereocenters. The molecule has 0 bridgehead atoms. The molecule has 1 fully saturated rings. The van der Waals surface area contributed by atoms with Gasteiger partial charge < -0.3 is 5.32 Å². The Hall–Kier alpha value is -2.96. The molecular formula is C18H19N5O2. The smallest absolute Gasteiger partial charge is 0.264 e. The van der Waals surface area contributed by atoms with Gasteiger partial charge in [0.25, 0.3) is 5.56 Å². The second-order valence-electron chi connectivity index (χ2n) is 6.50. The Labute approximate surface area is 144 Å². The van der Waals surface area contributed by atoms with Crippen molar-refractivity contribution in [1.29, 1.82) is 0 Å². The summed E-state index contributed by atoms with van der Waals surface area (Å²) in [6.45, 7) is 1.97. The molecule has 1 saturated carbocycles. The molecule has 1 aromatic carbocycles. The third-order valence-corrected chi connectivity index (χ3v) is 4.59. The topological polar surface area (TPSA) is 81.8 Å². The van der Waals surface area contributed by atoms with Crippen LogP contribution in [0.3, 0.4) is 0 Å². The largest absolute Gasteiger partial charge is 0.352 e. The summed E-state index contributed by atoms with van der Waals surface area (Å²) >= 11 is 0. The van der Waals surface area contributed by atoms with Crippen molar-refractivity contribution in [2.75, 3.05) is 0 Å². The van der Waals surface area contributed by atoms with Gasteiger partial charge >= 0.3 is 0 Å². The predicted octanol–water partition coefficient (Wildman–Crippen LogP) is 1.50. The van der Waals surface area contributed by atoms with Crippen LogP contribution in [0.4, 0.5) is 0 Å². The van der Waals surface area contributed by atoms with Gasteiger partial charge in [-0.1, -0.05) is 18.2 Å². The molecule has 0 aliphatic heterocycles. The summed E-state index contributed by atoms with van der Waals surface area (Å²) in [6.07, 6.45) is 5.23. The SMILES string of the molecule is C[C@H](NC(=O)Cn1cnc2c(cnn2-c2ccccc2)c1=O)C1CC1. The van der Waals surface area contributed by atoms with Crippen molar-refractivity contribution in [3.8, 4) is 5.69 Å². The highest BCUT2D eigenvalue weighted by Crippen LogP contribution is 2.32. The van der Waals surface area contributed by atoms with E-state index < -0.39 is 0 Å². The van der Waals surface area contributed by atoms with E-state index in [1.54, 1.807) is 4.68 Å². The predicted molar refractivity (Wildman–Crippen MR) is 93.5 cm³/mol. The molecule has 1 aliphatic carbocycles. The zero-order chi connectivity index (χ0) is 17.4. The first-order valence-corrected chi connectivity index (χ1v) is 8.41. The number of nitrogens with zero attached hydrogens (tertiary/aromatic N) is 4. The van der Waals surface area contributed by atoms with Gasteiger partial charge in [-0.2, -0.15) is 5.10 Å². The monoisotopic (exact) mass is 337 g/mol.